The Kier molecular flexibility index (Phi) is 4.26. The van der Waals surface area contributed by atoms with Crippen LogP contribution in [-0.2, 0) is 4.74 Å². The summed E-state index contributed by atoms with van der Waals surface area (Å²) in [4.78, 5) is 11.9. The van der Waals surface area contributed by atoms with Crippen molar-refractivity contribution in [2.24, 2.45) is 0 Å². The standard InChI is InChI=1S/C12H13Cl2NO2/c13-10-5-1-4-9(11(10)14)12(16)15-7-8-3-2-6-17-8/h1,4-5,8H,2-3,6-7H2,(H,15,16)/t8-/m0/s1. The molecule has 17 heavy (non-hydrogen) atoms. The fourth-order valence-corrected chi connectivity index (χ4v) is 2.17. The molecule has 1 aliphatic rings. The number of amides is 1. The summed E-state index contributed by atoms with van der Waals surface area (Å²) in [5, 5.41) is 3.48. The summed E-state index contributed by atoms with van der Waals surface area (Å²) in [6.07, 6.45) is 2.17. The van der Waals surface area contributed by atoms with Gasteiger partial charge in [0, 0.05) is 13.2 Å². The smallest absolute Gasteiger partial charge is 0.252 e. The fourth-order valence-electron chi connectivity index (χ4n) is 1.79. The molecule has 0 spiro atoms. The first-order valence-electron chi connectivity index (χ1n) is 5.52. The SMILES string of the molecule is O=C(NC[C@@H]1CCCO1)c1cccc(Cl)c1Cl. The maximum Gasteiger partial charge on any atom is 0.252 e. The topological polar surface area (TPSA) is 38.3 Å². The Labute approximate surface area is 110 Å². The first-order valence-corrected chi connectivity index (χ1v) is 6.28. The normalized spacial score (nSPS) is 19.3. The number of halogens is 2. The van der Waals surface area contributed by atoms with Crippen LogP contribution in [0.1, 0.15) is 23.2 Å². The van der Waals surface area contributed by atoms with Crippen LogP contribution in [-0.4, -0.2) is 25.2 Å². The summed E-state index contributed by atoms with van der Waals surface area (Å²) in [5.74, 6) is -0.215. The van der Waals surface area contributed by atoms with Gasteiger partial charge in [-0.05, 0) is 25.0 Å². The van der Waals surface area contributed by atoms with Crippen LogP contribution < -0.4 is 5.32 Å². The molecule has 1 amide bonds. The summed E-state index contributed by atoms with van der Waals surface area (Å²) >= 11 is 11.8. The number of hydrogen-bond donors (Lipinski definition) is 1. The first kappa shape index (κ1) is 12.7. The van der Waals surface area contributed by atoms with E-state index in [4.69, 9.17) is 27.9 Å². The zero-order valence-corrected chi connectivity index (χ0v) is 10.7. The number of benzene rings is 1. The van der Waals surface area contributed by atoms with Crippen LogP contribution >= 0.6 is 23.2 Å². The zero-order chi connectivity index (χ0) is 12.3. The van der Waals surface area contributed by atoms with Crippen LogP contribution in [0.25, 0.3) is 0 Å². The number of carbonyl (C=O) groups is 1. The van der Waals surface area contributed by atoms with Gasteiger partial charge in [0.25, 0.3) is 5.91 Å². The van der Waals surface area contributed by atoms with Crippen LogP contribution in [0.15, 0.2) is 18.2 Å². The van der Waals surface area contributed by atoms with E-state index < -0.39 is 0 Å². The minimum atomic E-state index is -0.215. The van der Waals surface area contributed by atoms with Crippen LogP contribution in [0.4, 0.5) is 0 Å². The molecule has 1 aliphatic heterocycles. The van der Waals surface area contributed by atoms with Gasteiger partial charge in [-0.15, -0.1) is 0 Å². The second kappa shape index (κ2) is 5.71. The quantitative estimate of drug-likeness (QED) is 0.920. The van der Waals surface area contributed by atoms with Gasteiger partial charge in [-0.1, -0.05) is 29.3 Å². The lowest BCUT2D eigenvalue weighted by molar-refractivity contribution is 0.0858. The average molecular weight is 274 g/mol. The predicted molar refractivity (Wildman–Crippen MR) is 67.8 cm³/mol. The molecule has 1 aromatic rings. The van der Waals surface area contributed by atoms with E-state index >= 15 is 0 Å². The van der Waals surface area contributed by atoms with Crippen LogP contribution in [0, 0.1) is 0 Å². The van der Waals surface area contributed by atoms with E-state index in [1.54, 1.807) is 18.2 Å². The Morgan fingerprint density at radius 3 is 3.00 bits per heavy atom. The maximum absolute atomic E-state index is 11.9. The fraction of sp³-hybridized carbons (Fsp3) is 0.417. The lowest BCUT2D eigenvalue weighted by Crippen LogP contribution is -2.31. The van der Waals surface area contributed by atoms with Gasteiger partial charge in [0.05, 0.1) is 21.7 Å². The van der Waals surface area contributed by atoms with Crippen LogP contribution in [0.3, 0.4) is 0 Å². The minimum absolute atomic E-state index is 0.122. The van der Waals surface area contributed by atoms with Crippen molar-refractivity contribution < 1.29 is 9.53 Å². The van der Waals surface area contributed by atoms with Crippen molar-refractivity contribution in [3.8, 4) is 0 Å². The Morgan fingerprint density at radius 2 is 2.29 bits per heavy atom. The molecule has 0 radical (unpaired) electrons. The van der Waals surface area contributed by atoms with Crippen LogP contribution in [0.5, 0.6) is 0 Å². The highest BCUT2D eigenvalue weighted by atomic mass is 35.5. The highest BCUT2D eigenvalue weighted by Gasteiger charge is 2.18. The van der Waals surface area contributed by atoms with Gasteiger partial charge in [0.15, 0.2) is 0 Å². The van der Waals surface area contributed by atoms with Gasteiger partial charge in [0.1, 0.15) is 0 Å². The van der Waals surface area contributed by atoms with Crippen molar-refractivity contribution in [3.05, 3.63) is 33.8 Å². The van der Waals surface area contributed by atoms with Gasteiger partial charge >= 0.3 is 0 Å². The molecule has 0 saturated carbocycles. The van der Waals surface area contributed by atoms with E-state index in [2.05, 4.69) is 5.32 Å². The number of hydrogen-bond acceptors (Lipinski definition) is 2. The summed E-state index contributed by atoms with van der Waals surface area (Å²) in [6, 6.07) is 5.01. The second-order valence-corrected chi connectivity index (χ2v) is 4.73. The average Bonchev–Trinajstić information content (AvgIpc) is 2.82. The molecule has 1 atom stereocenters. The molecule has 2 rings (SSSR count). The molecule has 1 fully saturated rings. The molecule has 0 aliphatic carbocycles. The van der Waals surface area contributed by atoms with E-state index in [1.165, 1.54) is 0 Å². The third-order valence-corrected chi connectivity index (χ3v) is 3.53. The Morgan fingerprint density at radius 1 is 1.47 bits per heavy atom. The monoisotopic (exact) mass is 273 g/mol. The summed E-state index contributed by atoms with van der Waals surface area (Å²) in [6.45, 7) is 1.29. The van der Waals surface area contributed by atoms with Gasteiger partial charge in [-0.3, -0.25) is 4.79 Å². The van der Waals surface area contributed by atoms with E-state index in [1.807, 2.05) is 0 Å². The lowest BCUT2D eigenvalue weighted by Gasteiger charge is -2.11. The van der Waals surface area contributed by atoms with Crippen molar-refractivity contribution in [1.29, 1.82) is 0 Å². The molecule has 1 N–H and O–H groups in total. The van der Waals surface area contributed by atoms with Crippen molar-refractivity contribution in [2.75, 3.05) is 13.2 Å². The third kappa shape index (κ3) is 3.12. The molecule has 0 unspecified atom stereocenters. The number of carbonyl (C=O) groups excluding carboxylic acids is 1. The summed E-state index contributed by atoms with van der Waals surface area (Å²) < 4.78 is 5.42. The van der Waals surface area contributed by atoms with E-state index in [9.17, 15) is 4.79 Å². The molecule has 3 nitrogen and oxygen atoms in total. The third-order valence-electron chi connectivity index (χ3n) is 2.71. The molecule has 1 saturated heterocycles. The highest BCUT2D eigenvalue weighted by Crippen LogP contribution is 2.25. The van der Waals surface area contributed by atoms with Crippen molar-refractivity contribution in [1.82, 2.24) is 5.32 Å². The van der Waals surface area contributed by atoms with Gasteiger partial charge in [-0.25, -0.2) is 0 Å². The summed E-state index contributed by atoms with van der Waals surface area (Å²) in [7, 11) is 0. The van der Waals surface area contributed by atoms with Gasteiger partial charge in [0.2, 0.25) is 0 Å². The molecule has 1 heterocycles. The van der Waals surface area contributed by atoms with Crippen molar-refractivity contribution >= 4 is 29.1 Å². The second-order valence-electron chi connectivity index (χ2n) is 3.95. The first-order chi connectivity index (χ1) is 8.18. The molecule has 0 aromatic heterocycles. The lowest BCUT2D eigenvalue weighted by atomic mass is 10.2. The summed E-state index contributed by atoms with van der Waals surface area (Å²) in [5.41, 5.74) is 0.400. The number of nitrogens with one attached hydrogen (secondary N) is 1. The Hall–Kier alpha value is -0.770. The molecule has 1 aromatic carbocycles. The van der Waals surface area contributed by atoms with E-state index in [-0.39, 0.29) is 12.0 Å². The molecule has 0 bridgehead atoms. The highest BCUT2D eigenvalue weighted by molar-refractivity contribution is 6.43. The largest absolute Gasteiger partial charge is 0.376 e. The Bertz CT molecular complexity index is 417. The maximum atomic E-state index is 11.9. The minimum Gasteiger partial charge on any atom is -0.376 e. The van der Waals surface area contributed by atoms with Crippen molar-refractivity contribution in [3.63, 3.8) is 0 Å². The molecule has 5 heteroatoms. The number of rotatable bonds is 3. The molecule has 92 valence electrons. The van der Waals surface area contributed by atoms with Gasteiger partial charge < -0.3 is 10.1 Å². The molecular weight excluding hydrogens is 261 g/mol. The van der Waals surface area contributed by atoms with E-state index in [0.717, 1.165) is 19.4 Å². The van der Waals surface area contributed by atoms with Crippen molar-refractivity contribution in [2.45, 2.75) is 18.9 Å². The van der Waals surface area contributed by atoms with Gasteiger partial charge in [-0.2, -0.15) is 0 Å². The molecular formula is C12H13Cl2NO2. The number of ether oxygens (including phenoxy) is 1. The zero-order valence-electron chi connectivity index (χ0n) is 9.21. The van der Waals surface area contributed by atoms with Crippen LogP contribution in [0.2, 0.25) is 10.0 Å². The predicted octanol–water partition coefficient (Wildman–Crippen LogP) is 2.90. The van der Waals surface area contributed by atoms with E-state index in [0.29, 0.717) is 22.2 Å². The Balaban J connectivity index is 1.97.